The van der Waals surface area contributed by atoms with Crippen molar-refractivity contribution in [2.45, 2.75) is 25.8 Å². The molecule has 0 radical (unpaired) electrons. The number of amides is 1. The molecular weight excluding hydrogens is 498 g/mol. The van der Waals surface area contributed by atoms with Gasteiger partial charge in [-0.3, -0.25) is 9.79 Å². The number of nitrogens with zero attached hydrogens (tertiary/aromatic N) is 3. The molecule has 1 aromatic carbocycles. The number of pyridine rings is 1. The first-order valence-electron chi connectivity index (χ1n) is 9.80. The molecule has 0 saturated carbocycles. The molecule has 1 fully saturated rings. The number of nitrogens with one attached hydrogen (secondary N) is 3. The van der Waals surface area contributed by atoms with Crippen LogP contribution in [0.1, 0.15) is 18.9 Å². The van der Waals surface area contributed by atoms with Crippen LogP contribution in [0.2, 0.25) is 0 Å². The Hall–Kier alpha value is -2.43. The molecule has 30 heavy (non-hydrogen) atoms. The maximum Gasteiger partial charge on any atom is 0.243 e. The Morgan fingerprint density at radius 1 is 1.33 bits per heavy atom. The minimum Gasteiger partial charge on any atom is -0.352 e. The lowest BCUT2D eigenvalue weighted by molar-refractivity contribution is -0.115. The Bertz CT molecular complexity index is 878. The third kappa shape index (κ3) is 6.54. The number of aryl methyl sites for hydroxylation is 1. The number of benzene rings is 1. The summed E-state index contributed by atoms with van der Waals surface area (Å²) in [6.07, 6.45) is 3.33. The molecule has 1 atom stereocenters. The molecule has 162 valence electrons. The number of carbonyl (C=O) groups is 1. The lowest BCUT2D eigenvalue weighted by Gasteiger charge is -2.19. The normalized spacial score (nSPS) is 16.0. The molecule has 3 rings (SSSR count). The molecule has 0 aliphatic carbocycles. The predicted molar refractivity (Wildman–Crippen MR) is 129 cm³/mol. The minimum atomic E-state index is -0.320. The second kappa shape index (κ2) is 11.7. The Kier molecular flexibility index (Phi) is 9.28. The number of hydrogen-bond acceptors (Lipinski definition) is 4. The van der Waals surface area contributed by atoms with Gasteiger partial charge in [-0.1, -0.05) is 19.1 Å². The average Bonchev–Trinajstić information content (AvgIpc) is 3.19. The predicted octanol–water partition coefficient (Wildman–Crippen LogP) is 2.78. The molecule has 1 unspecified atom stereocenters. The van der Waals surface area contributed by atoms with Crippen molar-refractivity contribution in [1.29, 1.82) is 0 Å². The molecule has 3 N–H and O–H groups in total. The molecular formula is C21H28FIN6O. The van der Waals surface area contributed by atoms with E-state index in [4.69, 9.17) is 0 Å². The number of guanidine groups is 1. The highest BCUT2D eigenvalue weighted by atomic mass is 127. The zero-order chi connectivity index (χ0) is 20.6. The van der Waals surface area contributed by atoms with E-state index in [0.717, 1.165) is 18.5 Å². The van der Waals surface area contributed by atoms with Gasteiger partial charge in [0, 0.05) is 38.1 Å². The minimum absolute atomic E-state index is 0. The van der Waals surface area contributed by atoms with Crippen LogP contribution in [0.4, 0.5) is 15.9 Å². The molecule has 7 nitrogen and oxygen atoms in total. The Morgan fingerprint density at radius 2 is 2.17 bits per heavy atom. The molecule has 1 amide bonds. The number of hydrogen-bond donors (Lipinski definition) is 3. The molecule has 0 spiro atoms. The first-order chi connectivity index (χ1) is 14.1. The van der Waals surface area contributed by atoms with E-state index in [2.05, 4.69) is 32.9 Å². The number of anilines is 2. The standard InChI is InChI=1S/C21H27FN6O.HI/c1-3-15-6-4-7-16(12-15)26-19(29)13-25-21(23-2)27-17-9-11-28(14-17)20-18(22)8-5-10-24-20;/h4-8,10,12,17H,3,9,11,13-14H2,1-2H3,(H,26,29)(H2,23,25,27);1H. The second-order valence-corrected chi connectivity index (χ2v) is 6.91. The van der Waals surface area contributed by atoms with Gasteiger partial charge in [0.05, 0.1) is 6.54 Å². The van der Waals surface area contributed by atoms with Crippen LogP contribution in [0, 0.1) is 5.82 Å². The molecule has 1 aliphatic rings. The third-order valence-electron chi connectivity index (χ3n) is 4.83. The quantitative estimate of drug-likeness (QED) is 0.307. The SMILES string of the molecule is CCc1cccc(NC(=O)CNC(=NC)NC2CCN(c3ncccc3F)C2)c1.I. The van der Waals surface area contributed by atoms with Crippen molar-refractivity contribution in [3.8, 4) is 0 Å². The molecule has 1 aliphatic heterocycles. The van der Waals surface area contributed by atoms with Gasteiger partial charge < -0.3 is 20.9 Å². The van der Waals surface area contributed by atoms with Gasteiger partial charge in [-0.15, -0.1) is 24.0 Å². The summed E-state index contributed by atoms with van der Waals surface area (Å²) in [5.41, 5.74) is 1.95. The topological polar surface area (TPSA) is 81.6 Å². The Labute approximate surface area is 193 Å². The van der Waals surface area contributed by atoms with E-state index in [1.54, 1.807) is 19.3 Å². The average molecular weight is 526 g/mol. The highest BCUT2D eigenvalue weighted by molar-refractivity contribution is 14.0. The van der Waals surface area contributed by atoms with E-state index >= 15 is 0 Å². The van der Waals surface area contributed by atoms with Crippen molar-refractivity contribution in [2.24, 2.45) is 4.99 Å². The van der Waals surface area contributed by atoms with Gasteiger partial charge >= 0.3 is 0 Å². The summed E-state index contributed by atoms with van der Waals surface area (Å²) in [4.78, 5) is 22.4. The summed E-state index contributed by atoms with van der Waals surface area (Å²) >= 11 is 0. The highest BCUT2D eigenvalue weighted by Crippen LogP contribution is 2.20. The number of aromatic nitrogens is 1. The second-order valence-electron chi connectivity index (χ2n) is 6.91. The molecule has 0 bridgehead atoms. The number of aliphatic imine (C=N–C) groups is 1. The van der Waals surface area contributed by atoms with Crippen LogP contribution in [-0.4, -0.2) is 49.6 Å². The lowest BCUT2D eigenvalue weighted by atomic mass is 10.1. The fraction of sp³-hybridized carbons (Fsp3) is 0.381. The van der Waals surface area contributed by atoms with Crippen molar-refractivity contribution in [2.75, 3.05) is 36.9 Å². The Morgan fingerprint density at radius 3 is 2.90 bits per heavy atom. The first kappa shape index (κ1) is 23.8. The van der Waals surface area contributed by atoms with Crippen LogP contribution in [0.3, 0.4) is 0 Å². The molecule has 2 aromatic rings. The summed E-state index contributed by atoms with van der Waals surface area (Å²) in [5.74, 6) is 0.438. The largest absolute Gasteiger partial charge is 0.352 e. The van der Waals surface area contributed by atoms with Crippen LogP contribution < -0.4 is 20.9 Å². The number of rotatable bonds is 6. The van der Waals surface area contributed by atoms with Crippen LogP contribution in [0.25, 0.3) is 0 Å². The summed E-state index contributed by atoms with van der Waals surface area (Å²) in [6.45, 7) is 3.49. The van der Waals surface area contributed by atoms with Crippen LogP contribution >= 0.6 is 24.0 Å². The molecule has 9 heteroatoms. The van der Waals surface area contributed by atoms with E-state index in [1.807, 2.05) is 29.2 Å². The van der Waals surface area contributed by atoms with Crippen molar-refractivity contribution in [3.05, 3.63) is 54.0 Å². The smallest absolute Gasteiger partial charge is 0.243 e. The fourth-order valence-corrected chi connectivity index (χ4v) is 3.31. The number of halogens is 2. The molecule has 1 aromatic heterocycles. The maximum absolute atomic E-state index is 13.9. The zero-order valence-corrected chi connectivity index (χ0v) is 19.5. The van der Waals surface area contributed by atoms with E-state index < -0.39 is 0 Å². The highest BCUT2D eigenvalue weighted by Gasteiger charge is 2.26. The summed E-state index contributed by atoms with van der Waals surface area (Å²) < 4.78 is 13.9. The monoisotopic (exact) mass is 526 g/mol. The van der Waals surface area contributed by atoms with Crippen molar-refractivity contribution in [3.63, 3.8) is 0 Å². The summed E-state index contributed by atoms with van der Waals surface area (Å²) in [5, 5.41) is 9.20. The van der Waals surface area contributed by atoms with Gasteiger partial charge in [0.1, 0.15) is 0 Å². The Balaban J connectivity index is 0.00000320. The van der Waals surface area contributed by atoms with Gasteiger partial charge in [0.15, 0.2) is 17.6 Å². The van der Waals surface area contributed by atoms with Gasteiger partial charge in [-0.2, -0.15) is 0 Å². The van der Waals surface area contributed by atoms with Gasteiger partial charge in [-0.05, 0) is 42.7 Å². The van der Waals surface area contributed by atoms with E-state index in [-0.39, 0.29) is 48.3 Å². The van der Waals surface area contributed by atoms with E-state index in [9.17, 15) is 9.18 Å². The van der Waals surface area contributed by atoms with Crippen molar-refractivity contribution < 1.29 is 9.18 Å². The fourth-order valence-electron chi connectivity index (χ4n) is 3.31. The zero-order valence-electron chi connectivity index (χ0n) is 17.2. The van der Waals surface area contributed by atoms with Crippen molar-refractivity contribution in [1.82, 2.24) is 15.6 Å². The summed E-state index contributed by atoms with van der Waals surface area (Å²) in [7, 11) is 1.66. The van der Waals surface area contributed by atoms with Crippen LogP contribution in [0.5, 0.6) is 0 Å². The summed E-state index contributed by atoms with van der Waals surface area (Å²) in [6, 6.07) is 10.9. The van der Waals surface area contributed by atoms with Crippen LogP contribution in [0.15, 0.2) is 47.6 Å². The van der Waals surface area contributed by atoms with Gasteiger partial charge in [0.2, 0.25) is 5.91 Å². The number of carbonyl (C=O) groups excluding carboxylic acids is 1. The van der Waals surface area contributed by atoms with E-state index in [0.29, 0.717) is 24.9 Å². The maximum atomic E-state index is 13.9. The molecule has 1 saturated heterocycles. The van der Waals surface area contributed by atoms with E-state index in [1.165, 1.54) is 11.6 Å². The van der Waals surface area contributed by atoms with Crippen LogP contribution in [-0.2, 0) is 11.2 Å². The third-order valence-corrected chi connectivity index (χ3v) is 4.83. The van der Waals surface area contributed by atoms with Gasteiger partial charge in [0.25, 0.3) is 0 Å². The molecule has 2 heterocycles. The lowest BCUT2D eigenvalue weighted by Crippen LogP contribution is -2.46. The van der Waals surface area contributed by atoms with Crippen molar-refractivity contribution >= 4 is 47.3 Å². The first-order valence-corrected chi connectivity index (χ1v) is 9.80. The van der Waals surface area contributed by atoms with Gasteiger partial charge in [-0.25, -0.2) is 9.37 Å².